The number of amides is 1. The molecule has 2 aromatic carbocycles. The van der Waals surface area contributed by atoms with Crippen LogP contribution in [0.1, 0.15) is 24.1 Å². The maximum atomic E-state index is 12.1. The monoisotopic (exact) mass is 345 g/mol. The largest absolute Gasteiger partial charge is 0.497 e. The summed E-state index contributed by atoms with van der Waals surface area (Å²) in [6.45, 7) is 1.89. The second-order valence-electron chi connectivity index (χ2n) is 5.22. The number of halogens is 1. The van der Waals surface area contributed by atoms with Crippen LogP contribution >= 0.6 is 11.6 Å². The predicted octanol–water partition coefficient (Wildman–Crippen LogP) is 4.25. The highest BCUT2D eigenvalue weighted by Gasteiger charge is 2.14. The van der Waals surface area contributed by atoms with Gasteiger partial charge in [-0.2, -0.15) is 0 Å². The highest BCUT2D eigenvalue weighted by molar-refractivity contribution is 6.30. The lowest BCUT2D eigenvalue weighted by molar-refractivity contribution is -0.117. The van der Waals surface area contributed by atoms with Crippen LogP contribution in [0.4, 0.5) is 0 Å². The van der Waals surface area contributed by atoms with Gasteiger partial charge in [-0.1, -0.05) is 23.7 Å². The average Bonchev–Trinajstić information content (AvgIpc) is 2.60. The zero-order valence-corrected chi connectivity index (χ0v) is 14.6. The van der Waals surface area contributed by atoms with E-state index in [1.807, 2.05) is 37.3 Å². The Hall–Kier alpha value is -2.46. The lowest BCUT2D eigenvalue weighted by Crippen LogP contribution is -2.25. The summed E-state index contributed by atoms with van der Waals surface area (Å²) in [5, 5.41) is 3.58. The zero-order chi connectivity index (χ0) is 17.5. The van der Waals surface area contributed by atoms with Gasteiger partial charge in [-0.15, -0.1) is 0 Å². The Morgan fingerprint density at radius 3 is 2.46 bits per heavy atom. The maximum absolute atomic E-state index is 12.1. The SMILES string of the molecule is COc1ccc(OC)c(C(C)NC(=O)/C=C/c2ccc(Cl)cc2)c1. The van der Waals surface area contributed by atoms with Gasteiger partial charge in [0.2, 0.25) is 5.91 Å². The first kappa shape index (κ1) is 17.9. The molecule has 24 heavy (non-hydrogen) atoms. The summed E-state index contributed by atoms with van der Waals surface area (Å²) in [6, 6.07) is 12.5. The van der Waals surface area contributed by atoms with Crippen LogP contribution in [0.25, 0.3) is 6.08 Å². The van der Waals surface area contributed by atoms with Gasteiger partial charge >= 0.3 is 0 Å². The smallest absolute Gasteiger partial charge is 0.244 e. The van der Waals surface area contributed by atoms with Crippen molar-refractivity contribution in [3.63, 3.8) is 0 Å². The molecule has 2 aromatic rings. The third-order valence-corrected chi connectivity index (χ3v) is 3.81. The van der Waals surface area contributed by atoms with E-state index < -0.39 is 0 Å². The number of hydrogen-bond donors (Lipinski definition) is 1. The molecule has 0 radical (unpaired) electrons. The molecule has 1 atom stereocenters. The molecule has 0 aromatic heterocycles. The van der Waals surface area contributed by atoms with Gasteiger partial charge < -0.3 is 14.8 Å². The van der Waals surface area contributed by atoms with Crippen molar-refractivity contribution in [1.82, 2.24) is 5.32 Å². The molecule has 2 rings (SSSR count). The van der Waals surface area contributed by atoms with E-state index in [9.17, 15) is 4.79 Å². The van der Waals surface area contributed by atoms with Crippen LogP contribution < -0.4 is 14.8 Å². The van der Waals surface area contributed by atoms with Crippen molar-refractivity contribution >= 4 is 23.6 Å². The molecule has 5 heteroatoms. The molecule has 4 nitrogen and oxygen atoms in total. The van der Waals surface area contributed by atoms with Crippen molar-refractivity contribution in [1.29, 1.82) is 0 Å². The molecule has 1 N–H and O–H groups in total. The van der Waals surface area contributed by atoms with E-state index in [4.69, 9.17) is 21.1 Å². The standard InChI is InChI=1S/C19H20ClNO3/c1-13(17-12-16(23-2)9-10-18(17)24-3)21-19(22)11-6-14-4-7-15(20)8-5-14/h4-13H,1-3H3,(H,21,22)/b11-6+. The van der Waals surface area contributed by atoms with Crippen LogP contribution in [0, 0.1) is 0 Å². The fourth-order valence-corrected chi connectivity index (χ4v) is 2.39. The Labute approximate surface area is 147 Å². The first-order chi connectivity index (χ1) is 11.5. The molecular formula is C19H20ClNO3. The highest BCUT2D eigenvalue weighted by atomic mass is 35.5. The molecular weight excluding hydrogens is 326 g/mol. The van der Waals surface area contributed by atoms with Gasteiger partial charge in [0.1, 0.15) is 11.5 Å². The van der Waals surface area contributed by atoms with Gasteiger partial charge in [-0.3, -0.25) is 4.79 Å². The predicted molar refractivity (Wildman–Crippen MR) is 96.6 cm³/mol. The molecule has 0 fully saturated rings. The average molecular weight is 346 g/mol. The van der Waals surface area contributed by atoms with E-state index in [1.165, 1.54) is 6.08 Å². The zero-order valence-electron chi connectivity index (χ0n) is 13.9. The fourth-order valence-electron chi connectivity index (χ4n) is 2.26. The van der Waals surface area contributed by atoms with Crippen LogP contribution in [0.15, 0.2) is 48.5 Å². The van der Waals surface area contributed by atoms with Crippen LogP contribution in [0.2, 0.25) is 5.02 Å². The first-order valence-corrected chi connectivity index (χ1v) is 7.87. The third-order valence-electron chi connectivity index (χ3n) is 3.56. The Bertz CT molecular complexity index is 726. The van der Waals surface area contributed by atoms with Gasteiger partial charge in [-0.25, -0.2) is 0 Å². The van der Waals surface area contributed by atoms with Crippen LogP contribution in [-0.2, 0) is 4.79 Å². The van der Waals surface area contributed by atoms with Gasteiger partial charge in [0.05, 0.1) is 20.3 Å². The Morgan fingerprint density at radius 1 is 1.12 bits per heavy atom. The molecule has 0 aliphatic rings. The van der Waals surface area contributed by atoms with Gasteiger partial charge in [0, 0.05) is 16.7 Å². The molecule has 0 bridgehead atoms. The second kappa shape index (κ2) is 8.41. The van der Waals surface area contributed by atoms with E-state index in [1.54, 1.807) is 32.4 Å². The number of rotatable bonds is 6. The molecule has 0 saturated heterocycles. The summed E-state index contributed by atoms with van der Waals surface area (Å²) >= 11 is 5.84. The van der Waals surface area contributed by atoms with Crippen LogP contribution in [-0.4, -0.2) is 20.1 Å². The molecule has 0 heterocycles. The number of hydrogen-bond acceptors (Lipinski definition) is 3. The number of methoxy groups -OCH3 is 2. The molecule has 126 valence electrons. The topological polar surface area (TPSA) is 47.6 Å². The second-order valence-corrected chi connectivity index (χ2v) is 5.66. The number of carbonyl (C=O) groups is 1. The van der Waals surface area contributed by atoms with E-state index in [2.05, 4.69) is 5.32 Å². The minimum Gasteiger partial charge on any atom is -0.497 e. The van der Waals surface area contributed by atoms with Crippen molar-refractivity contribution in [2.24, 2.45) is 0 Å². The minimum atomic E-state index is -0.225. The van der Waals surface area contributed by atoms with Crippen molar-refractivity contribution in [3.8, 4) is 11.5 Å². The van der Waals surface area contributed by atoms with E-state index >= 15 is 0 Å². The summed E-state index contributed by atoms with van der Waals surface area (Å²) in [6.07, 6.45) is 3.23. The highest BCUT2D eigenvalue weighted by Crippen LogP contribution is 2.29. The summed E-state index contributed by atoms with van der Waals surface area (Å²) in [5.41, 5.74) is 1.76. The van der Waals surface area contributed by atoms with Crippen molar-refractivity contribution in [2.45, 2.75) is 13.0 Å². The fraction of sp³-hybridized carbons (Fsp3) is 0.211. The van der Waals surface area contributed by atoms with E-state index in [-0.39, 0.29) is 11.9 Å². The van der Waals surface area contributed by atoms with Crippen LogP contribution in [0.3, 0.4) is 0 Å². The van der Waals surface area contributed by atoms with E-state index in [0.717, 1.165) is 11.1 Å². The van der Waals surface area contributed by atoms with Crippen molar-refractivity contribution < 1.29 is 14.3 Å². The molecule has 0 spiro atoms. The van der Waals surface area contributed by atoms with Gasteiger partial charge in [-0.05, 0) is 48.9 Å². The lowest BCUT2D eigenvalue weighted by atomic mass is 10.1. The van der Waals surface area contributed by atoms with Crippen LogP contribution in [0.5, 0.6) is 11.5 Å². The Balaban J connectivity index is 2.07. The Morgan fingerprint density at radius 2 is 1.83 bits per heavy atom. The molecule has 0 aliphatic carbocycles. The Kier molecular flexibility index (Phi) is 6.27. The van der Waals surface area contributed by atoms with Gasteiger partial charge in [0.25, 0.3) is 0 Å². The quantitative estimate of drug-likeness (QED) is 0.796. The van der Waals surface area contributed by atoms with Gasteiger partial charge in [0.15, 0.2) is 0 Å². The number of benzene rings is 2. The summed E-state index contributed by atoms with van der Waals surface area (Å²) in [5.74, 6) is 1.22. The number of ether oxygens (including phenoxy) is 2. The summed E-state index contributed by atoms with van der Waals surface area (Å²) in [4.78, 5) is 12.1. The van der Waals surface area contributed by atoms with Crippen molar-refractivity contribution in [3.05, 3.63) is 64.7 Å². The van der Waals surface area contributed by atoms with E-state index in [0.29, 0.717) is 16.5 Å². The number of carbonyl (C=O) groups excluding carboxylic acids is 1. The molecule has 1 unspecified atom stereocenters. The number of nitrogens with one attached hydrogen (secondary N) is 1. The normalized spacial score (nSPS) is 12.0. The molecule has 0 aliphatic heterocycles. The maximum Gasteiger partial charge on any atom is 0.244 e. The lowest BCUT2D eigenvalue weighted by Gasteiger charge is -2.17. The minimum absolute atomic E-state index is 0.192. The summed E-state index contributed by atoms with van der Waals surface area (Å²) in [7, 11) is 3.20. The third kappa shape index (κ3) is 4.77. The molecule has 1 amide bonds. The first-order valence-electron chi connectivity index (χ1n) is 7.49. The summed E-state index contributed by atoms with van der Waals surface area (Å²) < 4.78 is 10.6. The molecule has 0 saturated carbocycles. The van der Waals surface area contributed by atoms with Crippen molar-refractivity contribution in [2.75, 3.05) is 14.2 Å².